The van der Waals surface area contributed by atoms with Crippen LogP contribution in [-0.4, -0.2) is 81.6 Å². The number of hydrogen-bond donors (Lipinski definition) is 5. The van der Waals surface area contributed by atoms with Crippen LogP contribution >= 0.6 is 15.6 Å². The van der Waals surface area contributed by atoms with Gasteiger partial charge in [0.2, 0.25) is 0 Å². The number of aliphatic hydroxyl groups excluding tert-OH is 2. The van der Waals surface area contributed by atoms with Crippen LogP contribution in [0, 0.1) is 0 Å². The minimum absolute atomic E-state index is 0.0941. The largest absolute Gasteiger partial charge is 0.472 e. The Balaban J connectivity index is 4.68. The Hall–Kier alpha value is -2.48. The average molecular weight is 863 g/mol. The second kappa shape index (κ2) is 37.5. The molecule has 0 rings (SSSR count). The molecule has 0 fully saturated rings. The van der Waals surface area contributed by atoms with E-state index in [1.165, 1.54) is 25.7 Å². The minimum atomic E-state index is -4.87. The number of ether oxygens (including phenoxy) is 2. The molecule has 0 aliphatic carbocycles. The van der Waals surface area contributed by atoms with E-state index in [4.69, 9.17) is 23.8 Å². The van der Waals surface area contributed by atoms with Crippen LogP contribution in [0.5, 0.6) is 0 Å². The topological polar surface area (TPSA) is 216 Å². The Morgan fingerprint density at radius 1 is 0.586 bits per heavy atom. The van der Waals surface area contributed by atoms with Crippen molar-refractivity contribution in [3.05, 3.63) is 72.9 Å². The summed E-state index contributed by atoms with van der Waals surface area (Å²) in [5.74, 6) is -1.14. The summed E-state index contributed by atoms with van der Waals surface area (Å²) < 4.78 is 47.6. The Bertz CT molecular complexity index is 1320. The van der Waals surface area contributed by atoms with Crippen LogP contribution in [0.3, 0.4) is 0 Å². The number of phosphoric ester groups is 2. The Morgan fingerprint density at radius 2 is 1.14 bits per heavy atom. The number of carbonyl (C=O) groups is 2. The van der Waals surface area contributed by atoms with Crippen molar-refractivity contribution in [2.75, 3.05) is 26.4 Å². The molecule has 2 unspecified atom stereocenters. The predicted molar refractivity (Wildman–Crippen MR) is 226 cm³/mol. The highest BCUT2D eigenvalue weighted by Gasteiger charge is 2.28. The number of carbonyl (C=O) groups excluding carboxylic acids is 2. The molecule has 0 aromatic heterocycles. The molecule has 0 heterocycles. The lowest BCUT2D eigenvalue weighted by atomic mass is 10.1. The molecule has 0 spiro atoms. The third-order valence-electron chi connectivity index (χ3n) is 8.14. The first kappa shape index (κ1) is 55.5. The van der Waals surface area contributed by atoms with E-state index in [1.54, 1.807) is 6.08 Å². The van der Waals surface area contributed by atoms with Gasteiger partial charge in [-0.3, -0.25) is 23.2 Å². The normalized spacial score (nSPS) is 15.4. The van der Waals surface area contributed by atoms with Crippen LogP contribution in [0.1, 0.15) is 136 Å². The summed E-state index contributed by atoms with van der Waals surface area (Å²) in [6, 6.07) is 0. The predicted octanol–water partition coefficient (Wildman–Crippen LogP) is 9.20. The van der Waals surface area contributed by atoms with Crippen LogP contribution in [0.25, 0.3) is 0 Å². The van der Waals surface area contributed by atoms with Crippen molar-refractivity contribution < 1.29 is 66.7 Å². The Morgan fingerprint density at radius 3 is 1.83 bits per heavy atom. The van der Waals surface area contributed by atoms with Gasteiger partial charge in [0.05, 0.1) is 25.9 Å². The number of phosphoric acid groups is 2. The van der Waals surface area contributed by atoms with E-state index < -0.39 is 72.3 Å². The second-order valence-electron chi connectivity index (χ2n) is 13.7. The summed E-state index contributed by atoms with van der Waals surface area (Å²) in [6.45, 7) is 1.40. The maximum Gasteiger partial charge on any atom is 0.472 e. The molecule has 5 N–H and O–H groups in total. The van der Waals surface area contributed by atoms with Gasteiger partial charge in [-0.05, 0) is 70.6 Å². The van der Waals surface area contributed by atoms with E-state index in [-0.39, 0.29) is 12.8 Å². The van der Waals surface area contributed by atoms with Crippen molar-refractivity contribution in [1.29, 1.82) is 0 Å². The maximum absolute atomic E-state index is 12.6. The maximum atomic E-state index is 12.6. The first-order valence-corrected chi connectivity index (χ1v) is 23.8. The van der Waals surface area contributed by atoms with E-state index in [2.05, 4.69) is 28.1 Å². The van der Waals surface area contributed by atoms with Crippen LogP contribution in [0.2, 0.25) is 0 Å². The molecule has 16 heteroatoms. The van der Waals surface area contributed by atoms with Gasteiger partial charge in [0.15, 0.2) is 6.10 Å². The van der Waals surface area contributed by atoms with Crippen molar-refractivity contribution in [1.82, 2.24) is 0 Å². The van der Waals surface area contributed by atoms with Crippen molar-refractivity contribution >= 4 is 27.6 Å². The molecule has 0 radical (unpaired) electrons. The van der Waals surface area contributed by atoms with Crippen LogP contribution < -0.4 is 0 Å². The Kier molecular flexibility index (Phi) is 35.9. The van der Waals surface area contributed by atoms with Gasteiger partial charge in [0, 0.05) is 12.8 Å². The SMILES string of the molecule is CC/C=C\C(O)C/C=C/C=C\C/C=C\C/C=C\CCCC(=O)OC[C@H](COP(=O)(O)OC[C@@H](O)COP(=O)(O)O)OC(=O)CCCCCCC/C=C\CCCCCC. The smallest absolute Gasteiger partial charge is 0.462 e. The quantitative estimate of drug-likeness (QED) is 0.0129. The first-order valence-electron chi connectivity index (χ1n) is 20.7. The zero-order chi connectivity index (χ0) is 43.2. The minimum Gasteiger partial charge on any atom is -0.462 e. The molecule has 4 atom stereocenters. The van der Waals surface area contributed by atoms with Crippen molar-refractivity contribution in [2.45, 2.75) is 154 Å². The molecule has 58 heavy (non-hydrogen) atoms. The molecule has 14 nitrogen and oxygen atoms in total. The molecule has 0 bridgehead atoms. The first-order chi connectivity index (χ1) is 27.8. The Labute approximate surface area is 347 Å². The number of hydrogen-bond acceptors (Lipinski definition) is 11. The molecular weight excluding hydrogens is 790 g/mol. The summed E-state index contributed by atoms with van der Waals surface area (Å²) in [4.78, 5) is 52.6. The summed E-state index contributed by atoms with van der Waals surface area (Å²) in [7, 11) is -9.71. The average Bonchev–Trinajstić information content (AvgIpc) is 3.18. The number of unbranched alkanes of at least 4 members (excludes halogenated alkanes) is 10. The van der Waals surface area contributed by atoms with Crippen LogP contribution in [-0.2, 0) is 41.8 Å². The highest BCUT2D eigenvalue weighted by molar-refractivity contribution is 7.47. The van der Waals surface area contributed by atoms with Gasteiger partial charge in [-0.15, -0.1) is 0 Å². The summed E-state index contributed by atoms with van der Waals surface area (Å²) in [5, 5.41) is 19.5. The van der Waals surface area contributed by atoms with Gasteiger partial charge in [-0.2, -0.15) is 0 Å². The van der Waals surface area contributed by atoms with Gasteiger partial charge < -0.3 is 34.4 Å². The van der Waals surface area contributed by atoms with Gasteiger partial charge in [0.25, 0.3) is 0 Å². The van der Waals surface area contributed by atoms with E-state index in [9.17, 15) is 33.8 Å². The molecule has 0 aliphatic rings. The standard InChI is InChI=1S/C42H72O14P2/c1-3-5-7-8-9-10-11-12-17-20-23-26-29-33-42(46)56-40(37-55-58(50,51)54-35-39(44)34-53-57(47,48)49)36-52-41(45)32-28-25-22-19-16-14-13-15-18-21-24-27-31-38(43)30-6-4-2/h6,10-11,13-14,18-19,21-22,24,27,30,38-40,43-44H,3-5,7-9,12,15-17,20,23,25-26,28-29,31-37H2,1-2H3,(H,50,51)(H2,47,48,49)/b11-10-,14-13-,21-18-,22-19-,27-24+,30-6-/t38?,39-,40+/m0/s1. The molecule has 334 valence electrons. The van der Waals surface area contributed by atoms with E-state index in [0.29, 0.717) is 25.7 Å². The van der Waals surface area contributed by atoms with E-state index in [0.717, 1.165) is 57.8 Å². The number of allylic oxidation sites excluding steroid dienone is 10. The van der Waals surface area contributed by atoms with Crippen LogP contribution in [0.15, 0.2) is 72.9 Å². The highest BCUT2D eigenvalue weighted by Crippen LogP contribution is 2.43. The third-order valence-corrected chi connectivity index (χ3v) is 9.58. The van der Waals surface area contributed by atoms with Gasteiger partial charge in [0.1, 0.15) is 12.7 Å². The summed E-state index contributed by atoms with van der Waals surface area (Å²) in [6.07, 6.45) is 36.8. The van der Waals surface area contributed by atoms with Gasteiger partial charge >= 0.3 is 27.6 Å². The molecular formula is C42H72O14P2. The monoisotopic (exact) mass is 862 g/mol. The highest BCUT2D eigenvalue weighted by atomic mass is 31.2. The summed E-state index contributed by atoms with van der Waals surface area (Å²) in [5.41, 5.74) is 0. The molecule has 0 saturated heterocycles. The third kappa shape index (κ3) is 40.3. The lowest BCUT2D eigenvalue weighted by Gasteiger charge is -2.20. The molecule has 0 aromatic rings. The van der Waals surface area contributed by atoms with E-state index in [1.807, 2.05) is 61.6 Å². The summed E-state index contributed by atoms with van der Waals surface area (Å²) >= 11 is 0. The molecule has 0 aliphatic heterocycles. The van der Waals surface area contributed by atoms with Gasteiger partial charge in [-0.25, -0.2) is 9.13 Å². The number of rotatable bonds is 38. The van der Waals surface area contributed by atoms with Crippen molar-refractivity contribution in [3.63, 3.8) is 0 Å². The lowest BCUT2D eigenvalue weighted by Crippen LogP contribution is -2.30. The fraction of sp³-hybridized carbons (Fsp3) is 0.667. The van der Waals surface area contributed by atoms with Gasteiger partial charge in [-0.1, -0.05) is 125 Å². The number of esters is 2. The van der Waals surface area contributed by atoms with Crippen molar-refractivity contribution in [3.8, 4) is 0 Å². The molecule has 0 aromatic carbocycles. The van der Waals surface area contributed by atoms with Crippen molar-refractivity contribution in [2.24, 2.45) is 0 Å². The number of aliphatic hydroxyl groups is 2. The molecule has 0 saturated carbocycles. The zero-order valence-corrected chi connectivity index (χ0v) is 36.5. The lowest BCUT2D eigenvalue weighted by molar-refractivity contribution is -0.161. The van der Waals surface area contributed by atoms with E-state index >= 15 is 0 Å². The fourth-order valence-corrected chi connectivity index (χ4v) is 6.14. The fourth-order valence-electron chi connectivity index (χ4n) is 4.98. The molecule has 0 amide bonds. The zero-order valence-electron chi connectivity index (χ0n) is 34.7. The van der Waals surface area contributed by atoms with Crippen LogP contribution in [0.4, 0.5) is 0 Å². The second-order valence-corrected chi connectivity index (χ2v) is 16.4.